The Morgan fingerprint density at radius 1 is 1.50 bits per heavy atom. The lowest BCUT2D eigenvalue weighted by molar-refractivity contribution is 0.867. The molecule has 0 fully saturated rings. The Kier molecular flexibility index (Phi) is 2.42. The van der Waals surface area contributed by atoms with Crippen molar-refractivity contribution in [1.82, 2.24) is 5.32 Å². The van der Waals surface area contributed by atoms with E-state index < -0.39 is 0 Å². The third-order valence-corrected chi connectivity index (χ3v) is 3.02. The van der Waals surface area contributed by atoms with Gasteiger partial charge in [-0.25, -0.2) is 0 Å². The lowest BCUT2D eigenvalue weighted by Gasteiger charge is -2.17. The average Bonchev–Trinajstić information content (AvgIpc) is 1.93. The van der Waals surface area contributed by atoms with Crippen molar-refractivity contribution < 1.29 is 0 Å². The first kappa shape index (κ1) is 8.15. The highest BCUT2D eigenvalue weighted by Crippen LogP contribution is 2.27. The molecule has 1 heterocycles. The summed E-state index contributed by atoms with van der Waals surface area (Å²) in [4.78, 5) is 0. The predicted molar refractivity (Wildman–Crippen MR) is 48.2 cm³/mol. The molecule has 0 atom stereocenters. The number of hydrogen-bond acceptors (Lipinski definition) is 1. The molecule has 10 heavy (non-hydrogen) atoms. The number of dihydropyridines is 1. The van der Waals surface area contributed by atoms with Crippen molar-refractivity contribution in [2.45, 2.75) is 13.8 Å². The fourth-order valence-corrected chi connectivity index (χ4v) is 1.45. The van der Waals surface area contributed by atoms with E-state index in [0.29, 0.717) is 0 Å². The Balaban J connectivity index is 3.01. The molecular formula is C7H9BrClN. The van der Waals surface area contributed by atoms with Crippen molar-refractivity contribution in [3.05, 3.63) is 20.8 Å². The van der Waals surface area contributed by atoms with Gasteiger partial charge in [-0.1, -0.05) is 27.5 Å². The van der Waals surface area contributed by atoms with E-state index in [0.717, 1.165) is 27.3 Å². The average molecular weight is 223 g/mol. The van der Waals surface area contributed by atoms with Crippen molar-refractivity contribution >= 4 is 27.5 Å². The minimum Gasteiger partial charge on any atom is -0.383 e. The second kappa shape index (κ2) is 2.97. The van der Waals surface area contributed by atoms with E-state index in [2.05, 4.69) is 21.2 Å². The van der Waals surface area contributed by atoms with Gasteiger partial charge < -0.3 is 5.32 Å². The Hall–Kier alpha value is 0.0500. The maximum absolute atomic E-state index is 5.94. The van der Waals surface area contributed by atoms with E-state index in [1.54, 1.807) is 0 Å². The van der Waals surface area contributed by atoms with Gasteiger partial charge in [-0.3, -0.25) is 0 Å². The predicted octanol–water partition coefficient (Wildman–Crippen LogP) is 2.73. The zero-order valence-corrected chi connectivity index (χ0v) is 8.30. The van der Waals surface area contributed by atoms with Gasteiger partial charge in [0.2, 0.25) is 0 Å². The summed E-state index contributed by atoms with van der Waals surface area (Å²) >= 11 is 9.36. The van der Waals surface area contributed by atoms with Crippen LogP contribution in [0.15, 0.2) is 20.8 Å². The van der Waals surface area contributed by atoms with Crippen LogP contribution in [0, 0.1) is 0 Å². The molecule has 1 aliphatic heterocycles. The summed E-state index contributed by atoms with van der Waals surface area (Å²) in [7, 11) is 0. The molecule has 0 bridgehead atoms. The Labute approximate surface area is 74.3 Å². The molecule has 0 amide bonds. The van der Waals surface area contributed by atoms with Gasteiger partial charge in [0.25, 0.3) is 0 Å². The number of halogens is 2. The molecule has 1 N–H and O–H groups in total. The summed E-state index contributed by atoms with van der Waals surface area (Å²) < 4.78 is 1.14. The lowest BCUT2D eigenvalue weighted by atomic mass is 10.2. The molecule has 0 aromatic rings. The van der Waals surface area contributed by atoms with Gasteiger partial charge in [0.15, 0.2) is 0 Å². The fraction of sp³-hybridized carbons (Fsp3) is 0.429. The van der Waals surface area contributed by atoms with Gasteiger partial charge >= 0.3 is 0 Å². The molecular weight excluding hydrogens is 213 g/mol. The van der Waals surface area contributed by atoms with Gasteiger partial charge in [0, 0.05) is 16.7 Å². The van der Waals surface area contributed by atoms with Crippen molar-refractivity contribution in [2.24, 2.45) is 0 Å². The van der Waals surface area contributed by atoms with Gasteiger partial charge in [0.1, 0.15) is 0 Å². The minimum absolute atomic E-state index is 0.832. The zero-order chi connectivity index (χ0) is 7.72. The van der Waals surface area contributed by atoms with Crippen molar-refractivity contribution in [1.29, 1.82) is 0 Å². The smallest absolute Gasteiger partial charge is 0.0630 e. The summed E-state index contributed by atoms with van der Waals surface area (Å²) in [6.07, 6.45) is 0. The van der Waals surface area contributed by atoms with Crippen LogP contribution >= 0.6 is 27.5 Å². The van der Waals surface area contributed by atoms with Crippen molar-refractivity contribution in [3.63, 3.8) is 0 Å². The van der Waals surface area contributed by atoms with Gasteiger partial charge in [-0.15, -0.1) is 0 Å². The molecule has 1 aliphatic rings. The molecule has 0 saturated heterocycles. The van der Waals surface area contributed by atoms with Crippen LogP contribution in [-0.2, 0) is 0 Å². The second-order valence-electron chi connectivity index (χ2n) is 2.32. The number of allylic oxidation sites excluding steroid dienone is 3. The Bertz CT molecular complexity index is 194. The second-order valence-corrected chi connectivity index (χ2v) is 3.66. The third kappa shape index (κ3) is 1.38. The van der Waals surface area contributed by atoms with Crippen LogP contribution in [-0.4, -0.2) is 6.54 Å². The van der Waals surface area contributed by atoms with E-state index in [1.807, 2.05) is 13.8 Å². The largest absolute Gasteiger partial charge is 0.383 e. The molecule has 0 spiro atoms. The maximum atomic E-state index is 5.94. The van der Waals surface area contributed by atoms with Gasteiger partial charge in [-0.2, -0.15) is 0 Å². The van der Waals surface area contributed by atoms with E-state index >= 15 is 0 Å². The van der Waals surface area contributed by atoms with Crippen LogP contribution in [0.3, 0.4) is 0 Å². The topological polar surface area (TPSA) is 12.0 Å². The molecule has 0 aromatic heterocycles. The quantitative estimate of drug-likeness (QED) is 0.665. The van der Waals surface area contributed by atoms with Crippen LogP contribution in [0.4, 0.5) is 0 Å². The zero-order valence-electron chi connectivity index (χ0n) is 5.96. The standard InChI is InChI=1S/C7H9BrClN/c1-4-6(8)3-10-5(2)7(4)9/h10H,3H2,1-2H3. The highest BCUT2D eigenvalue weighted by molar-refractivity contribution is 9.11. The maximum Gasteiger partial charge on any atom is 0.0630 e. The van der Waals surface area contributed by atoms with Crippen molar-refractivity contribution in [3.8, 4) is 0 Å². The Morgan fingerprint density at radius 3 is 2.60 bits per heavy atom. The van der Waals surface area contributed by atoms with Crippen LogP contribution in [0.2, 0.25) is 0 Å². The summed E-state index contributed by atoms with van der Waals surface area (Å²) in [5.41, 5.74) is 2.19. The Morgan fingerprint density at radius 2 is 2.10 bits per heavy atom. The van der Waals surface area contributed by atoms with E-state index in [9.17, 15) is 0 Å². The third-order valence-electron chi connectivity index (χ3n) is 1.57. The molecule has 0 aromatic carbocycles. The van der Waals surface area contributed by atoms with Gasteiger partial charge in [0.05, 0.1) is 5.03 Å². The van der Waals surface area contributed by atoms with Crippen LogP contribution in [0.1, 0.15) is 13.8 Å². The van der Waals surface area contributed by atoms with E-state index in [1.165, 1.54) is 0 Å². The normalized spacial score (nSPS) is 19.6. The fourth-order valence-electron chi connectivity index (χ4n) is 0.821. The van der Waals surface area contributed by atoms with E-state index in [4.69, 9.17) is 11.6 Å². The van der Waals surface area contributed by atoms with Crippen LogP contribution in [0.25, 0.3) is 0 Å². The SMILES string of the molecule is CC1=C(Cl)C(C)=C(Br)CN1. The molecule has 3 heteroatoms. The number of nitrogens with one attached hydrogen (secondary N) is 1. The summed E-state index contributed by atoms with van der Waals surface area (Å²) in [5, 5.41) is 3.99. The molecule has 0 radical (unpaired) electrons. The van der Waals surface area contributed by atoms with E-state index in [-0.39, 0.29) is 0 Å². The minimum atomic E-state index is 0.832. The van der Waals surface area contributed by atoms with Crippen molar-refractivity contribution in [2.75, 3.05) is 6.54 Å². The monoisotopic (exact) mass is 221 g/mol. The molecule has 1 nitrogen and oxygen atoms in total. The molecule has 1 rings (SSSR count). The number of rotatable bonds is 0. The summed E-state index contributed by atoms with van der Waals surface area (Å²) in [6.45, 7) is 4.84. The highest BCUT2D eigenvalue weighted by atomic mass is 79.9. The number of hydrogen-bond donors (Lipinski definition) is 1. The summed E-state index contributed by atoms with van der Waals surface area (Å²) in [5.74, 6) is 0. The molecule has 0 aliphatic carbocycles. The van der Waals surface area contributed by atoms with Crippen LogP contribution < -0.4 is 5.32 Å². The first-order valence-electron chi connectivity index (χ1n) is 3.09. The molecule has 0 unspecified atom stereocenters. The van der Waals surface area contributed by atoms with Gasteiger partial charge in [-0.05, 0) is 19.4 Å². The first-order valence-corrected chi connectivity index (χ1v) is 4.26. The lowest BCUT2D eigenvalue weighted by Crippen LogP contribution is -2.19. The summed E-state index contributed by atoms with van der Waals surface area (Å²) in [6, 6.07) is 0. The molecule has 0 saturated carbocycles. The molecule has 56 valence electrons. The highest BCUT2D eigenvalue weighted by Gasteiger charge is 2.11. The van der Waals surface area contributed by atoms with Crippen LogP contribution in [0.5, 0.6) is 0 Å². The first-order chi connectivity index (χ1) is 4.63.